The average molecular weight is 510 g/mol. The largest absolute Gasteiger partial charge is 0.493 e. The molecule has 0 saturated carbocycles. The monoisotopic (exact) mass is 509 g/mol. The van der Waals surface area contributed by atoms with E-state index < -0.39 is 0 Å². The Balaban J connectivity index is 1.41. The number of hydrogen-bond donors (Lipinski definition) is 0. The zero-order chi connectivity index (χ0) is 25.6. The summed E-state index contributed by atoms with van der Waals surface area (Å²) < 4.78 is 13.8. The van der Waals surface area contributed by atoms with Crippen LogP contribution >= 0.6 is 11.6 Å². The van der Waals surface area contributed by atoms with Gasteiger partial charge in [-0.2, -0.15) is 4.98 Å². The number of methoxy groups -OCH3 is 2. The van der Waals surface area contributed by atoms with E-state index in [1.54, 1.807) is 31.9 Å². The molecule has 0 spiro atoms. The summed E-state index contributed by atoms with van der Waals surface area (Å²) in [4.78, 5) is 37.3. The molecule has 2 aromatic heterocycles. The van der Waals surface area contributed by atoms with Crippen molar-refractivity contribution in [3.05, 3.63) is 62.0 Å². The number of aromatic nitrogens is 4. The lowest BCUT2D eigenvalue weighted by molar-refractivity contribution is 0.344. The number of ether oxygens (including phenoxy) is 2. The molecule has 0 unspecified atom stereocenters. The fourth-order valence-corrected chi connectivity index (χ4v) is 5.20. The van der Waals surface area contributed by atoms with Gasteiger partial charge in [0.25, 0.3) is 5.56 Å². The number of nitrogens with zero attached hydrogens (tertiary/aromatic N) is 5. The van der Waals surface area contributed by atoms with Crippen LogP contribution in [0.15, 0.2) is 39.9 Å². The molecular weight excluding hydrogens is 482 g/mol. The maximum atomic E-state index is 13.2. The van der Waals surface area contributed by atoms with Gasteiger partial charge in [-0.3, -0.25) is 13.9 Å². The van der Waals surface area contributed by atoms with Crippen molar-refractivity contribution >= 4 is 39.2 Å². The Kier molecular flexibility index (Phi) is 6.34. The Morgan fingerprint density at radius 3 is 2.39 bits per heavy atom. The minimum atomic E-state index is -0.284. The van der Waals surface area contributed by atoms with E-state index in [9.17, 15) is 9.59 Å². The molecule has 36 heavy (non-hydrogen) atoms. The van der Waals surface area contributed by atoms with Crippen molar-refractivity contribution < 1.29 is 9.47 Å². The first kappa shape index (κ1) is 24.1. The summed E-state index contributed by atoms with van der Waals surface area (Å²) >= 11 is 6.26. The van der Waals surface area contributed by atoms with Gasteiger partial charge >= 0.3 is 5.69 Å². The van der Waals surface area contributed by atoms with E-state index in [-0.39, 0.29) is 22.5 Å². The van der Waals surface area contributed by atoms with Gasteiger partial charge in [-0.15, -0.1) is 0 Å². The quantitative estimate of drug-likeness (QED) is 0.380. The predicted octanol–water partition coefficient (Wildman–Crippen LogP) is 3.54. The molecule has 1 aliphatic heterocycles. The van der Waals surface area contributed by atoms with Gasteiger partial charge in [-0.25, -0.2) is 9.78 Å². The van der Waals surface area contributed by atoms with Crippen LogP contribution in [0.1, 0.15) is 18.4 Å². The van der Waals surface area contributed by atoms with Crippen LogP contribution in [0.25, 0.3) is 21.8 Å². The number of fused-ring (bicyclic) bond motifs is 2. The third-order valence-electron chi connectivity index (χ3n) is 7.02. The molecule has 5 rings (SSSR count). The molecule has 0 amide bonds. The van der Waals surface area contributed by atoms with Gasteiger partial charge in [-0.05, 0) is 55.5 Å². The highest BCUT2D eigenvalue weighted by Crippen LogP contribution is 2.36. The summed E-state index contributed by atoms with van der Waals surface area (Å²) in [6.45, 7) is 3.75. The zero-order valence-corrected chi connectivity index (χ0v) is 21.5. The molecule has 0 N–H and O–H groups in total. The standard InChI is InChI=1S/C26H28ClN5O4/c1-15-5-6-20-18(11-15)24(33)32(26(34)30(20)2)14-16-7-9-31(10-8-16)23-17-12-21(35-3)22(36-4)13-19(17)28-25(27)29-23/h5-6,11-13,16H,7-10,14H2,1-4H3. The molecule has 9 nitrogen and oxygen atoms in total. The SMILES string of the molecule is COc1cc2nc(Cl)nc(N3CCC(Cn4c(=O)c5cc(C)ccc5n(C)c4=O)CC3)c2cc1OC. The normalized spacial score (nSPS) is 14.5. The second-order valence-electron chi connectivity index (χ2n) is 9.25. The lowest BCUT2D eigenvalue weighted by Gasteiger charge is -2.33. The van der Waals surface area contributed by atoms with Gasteiger partial charge in [0.05, 0.1) is 30.6 Å². The van der Waals surface area contributed by atoms with Gasteiger partial charge in [0.2, 0.25) is 5.28 Å². The summed E-state index contributed by atoms with van der Waals surface area (Å²) in [5, 5.41) is 1.56. The predicted molar refractivity (Wildman–Crippen MR) is 141 cm³/mol. The second kappa shape index (κ2) is 9.46. The van der Waals surface area contributed by atoms with Gasteiger partial charge < -0.3 is 14.4 Å². The third kappa shape index (κ3) is 4.17. The summed E-state index contributed by atoms with van der Waals surface area (Å²) in [7, 11) is 4.88. The number of halogens is 1. The average Bonchev–Trinajstić information content (AvgIpc) is 2.89. The van der Waals surface area contributed by atoms with E-state index in [0.717, 1.165) is 29.6 Å². The molecule has 4 aromatic rings. The second-order valence-corrected chi connectivity index (χ2v) is 9.59. The number of aryl methyl sites for hydroxylation is 2. The number of hydrogen-bond acceptors (Lipinski definition) is 7. The first-order chi connectivity index (χ1) is 17.3. The summed E-state index contributed by atoms with van der Waals surface area (Å²) in [6, 6.07) is 9.26. The van der Waals surface area contributed by atoms with Gasteiger partial charge in [0.15, 0.2) is 11.5 Å². The van der Waals surface area contributed by atoms with E-state index in [1.165, 1.54) is 4.57 Å². The first-order valence-electron chi connectivity index (χ1n) is 11.8. The number of rotatable bonds is 5. The summed E-state index contributed by atoms with van der Waals surface area (Å²) in [5.41, 5.74) is 1.80. The van der Waals surface area contributed by atoms with Crippen molar-refractivity contribution in [3.63, 3.8) is 0 Å². The summed E-state index contributed by atoms with van der Waals surface area (Å²) in [5.74, 6) is 2.08. The lowest BCUT2D eigenvalue weighted by Crippen LogP contribution is -2.43. The van der Waals surface area contributed by atoms with Crippen LogP contribution in [0.3, 0.4) is 0 Å². The molecule has 10 heteroatoms. The van der Waals surface area contributed by atoms with E-state index in [2.05, 4.69) is 14.9 Å². The van der Waals surface area contributed by atoms with Crippen molar-refractivity contribution in [2.24, 2.45) is 13.0 Å². The van der Waals surface area contributed by atoms with Crippen molar-refractivity contribution in [2.75, 3.05) is 32.2 Å². The van der Waals surface area contributed by atoms with Crippen LogP contribution in [0.4, 0.5) is 5.82 Å². The van der Waals surface area contributed by atoms with E-state index in [0.29, 0.717) is 47.6 Å². The lowest BCUT2D eigenvalue weighted by atomic mass is 9.96. The van der Waals surface area contributed by atoms with Crippen LogP contribution in [0, 0.1) is 12.8 Å². The highest BCUT2D eigenvalue weighted by atomic mass is 35.5. The van der Waals surface area contributed by atoms with E-state index in [4.69, 9.17) is 21.1 Å². The highest BCUT2D eigenvalue weighted by Gasteiger charge is 2.25. The number of benzene rings is 2. The molecule has 0 bridgehead atoms. The van der Waals surface area contributed by atoms with E-state index in [1.807, 2.05) is 31.2 Å². The minimum absolute atomic E-state index is 0.161. The Hall–Kier alpha value is -3.59. The third-order valence-corrected chi connectivity index (χ3v) is 7.18. The fraction of sp³-hybridized carbons (Fsp3) is 0.385. The van der Waals surface area contributed by atoms with Crippen LogP contribution in [-0.4, -0.2) is 46.4 Å². The molecule has 0 aliphatic carbocycles. The van der Waals surface area contributed by atoms with Crippen LogP contribution in [0.2, 0.25) is 5.28 Å². The van der Waals surface area contributed by atoms with Crippen LogP contribution in [0.5, 0.6) is 11.5 Å². The van der Waals surface area contributed by atoms with Crippen LogP contribution < -0.4 is 25.6 Å². The minimum Gasteiger partial charge on any atom is -0.493 e. The molecule has 0 radical (unpaired) electrons. The molecule has 3 heterocycles. The topological polar surface area (TPSA) is 91.5 Å². The first-order valence-corrected chi connectivity index (χ1v) is 12.2. The highest BCUT2D eigenvalue weighted by molar-refractivity contribution is 6.28. The summed E-state index contributed by atoms with van der Waals surface area (Å²) in [6.07, 6.45) is 1.61. The molecule has 2 aromatic carbocycles. The molecular formula is C26H28ClN5O4. The maximum absolute atomic E-state index is 13.2. The molecule has 1 fully saturated rings. The molecule has 188 valence electrons. The number of anilines is 1. The maximum Gasteiger partial charge on any atom is 0.331 e. The van der Waals surface area contributed by atoms with Crippen molar-refractivity contribution in [3.8, 4) is 11.5 Å². The van der Waals surface area contributed by atoms with Crippen molar-refractivity contribution in [1.82, 2.24) is 19.1 Å². The fourth-order valence-electron chi connectivity index (χ4n) is 5.03. The Morgan fingerprint density at radius 1 is 1.00 bits per heavy atom. The van der Waals surface area contributed by atoms with Gasteiger partial charge in [-0.1, -0.05) is 11.6 Å². The van der Waals surface area contributed by atoms with Crippen molar-refractivity contribution in [1.29, 1.82) is 0 Å². The number of piperidine rings is 1. The Bertz CT molecular complexity index is 1590. The molecule has 1 aliphatic rings. The zero-order valence-electron chi connectivity index (χ0n) is 20.7. The van der Waals surface area contributed by atoms with Gasteiger partial charge in [0, 0.05) is 38.1 Å². The van der Waals surface area contributed by atoms with Gasteiger partial charge in [0.1, 0.15) is 5.82 Å². The Labute approximate surface area is 212 Å². The Morgan fingerprint density at radius 2 is 1.69 bits per heavy atom. The van der Waals surface area contributed by atoms with Crippen molar-refractivity contribution in [2.45, 2.75) is 26.3 Å². The van der Waals surface area contributed by atoms with Crippen LogP contribution in [-0.2, 0) is 13.6 Å². The van der Waals surface area contributed by atoms with E-state index >= 15 is 0 Å². The molecule has 1 saturated heterocycles. The molecule has 0 atom stereocenters. The smallest absolute Gasteiger partial charge is 0.331 e.